The minimum Gasteiger partial charge on any atom is -0.385 e. The molecule has 0 aliphatic carbocycles. The van der Waals surface area contributed by atoms with Gasteiger partial charge < -0.3 is 10.6 Å². The van der Waals surface area contributed by atoms with Crippen LogP contribution in [0.25, 0.3) is 0 Å². The molecule has 0 heterocycles. The topological polar surface area (TPSA) is 64.9 Å². The van der Waals surface area contributed by atoms with Gasteiger partial charge in [0, 0.05) is 24.3 Å². The molecule has 0 aromatic heterocycles. The third-order valence-corrected chi connectivity index (χ3v) is 3.01. The number of hydrogen-bond donors (Lipinski definition) is 2. The number of nitriles is 1. The Morgan fingerprint density at radius 1 is 1.14 bits per heavy atom. The number of carbonyl (C=O) groups excluding carboxylic acids is 1. The monoisotopic (exact) mass is 279 g/mol. The first-order valence-corrected chi connectivity index (χ1v) is 6.78. The first kappa shape index (κ1) is 14.6. The normalized spacial score (nSPS) is 9.71. The van der Waals surface area contributed by atoms with Gasteiger partial charge in [0.25, 0.3) is 0 Å². The van der Waals surface area contributed by atoms with Gasteiger partial charge in [-0.15, -0.1) is 0 Å². The standard InChI is InChI=1S/C17H17N3O/c1-13-5-7-15(8-6-13)19-10-9-17(21)20-16-4-2-3-14(11-16)12-18/h2-8,11,19H,9-10H2,1H3,(H,20,21). The second kappa shape index (κ2) is 7.11. The van der Waals surface area contributed by atoms with Crippen LogP contribution in [-0.2, 0) is 4.79 Å². The average molecular weight is 279 g/mol. The molecule has 0 bridgehead atoms. The number of aryl methyl sites for hydroxylation is 1. The second-order valence-corrected chi connectivity index (χ2v) is 4.78. The maximum Gasteiger partial charge on any atom is 0.226 e. The SMILES string of the molecule is Cc1ccc(NCCC(=O)Nc2cccc(C#N)c2)cc1. The van der Waals surface area contributed by atoms with Crippen molar-refractivity contribution in [3.63, 3.8) is 0 Å². The van der Waals surface area contributed by atoms with Crippen molar-refractivity contribution in [1.29, 1.82) is 5.26 Å². The van der Waals surface area contributed by atoms with Crippen LogP contribution >= 0.6 is 0 Å². The van der Waals surface area contributed by atoms with E-state index in [4.69, 9.17) is 5.26 Å². The van der Waals surface area contributed by atoms with Crippen LogP contribution in [0, 0.1) is 18.3 Å². The smallest absolute Gasteiger partial charge is 0.226 e. The number of nitrogens with zero attached hydrogens (tertiary/aromatic N) is 1. The van der Waals surface area contributed by atoms with E-state index in [1.807, 2.05) is 37.3 Å². The molecule has 21 heavy (non-hydrogen) atoms. The van der Waals surface area contributed by atoms with Crippen LogP contribution < -0.4 is 10.6 Å². The average Bonchev–Trinajstić information content (AvgIpc) is 2.49. The number of benzene rings is 2. The van der Waals surface area contributed by atoms with E-state index in [1.165, 1.54) is 5.56 Å². The van der Waals surface area contributed by atoms with Crippen molar-refractivity contribution < 1.29 is 4.79 Å². The predicted molar refractivity (Wildman–Crippen MR) is 84.1 cm³/mol. The number of amides is 1. The Hall–Kier alpha value is -2.80. The summed E-state index contributed by atoms with van der Waals surface area (Å²) in [7, 11) is 0. The van der Waals surface area contributed by atoms with E-state index in [-0.39, 0.29) is 5.91 Å². The lowest BCUT2D eigenvalue weighted by atomic mass is 10.2. The molecule has 4 nitrogen and oxygen atoms in total. The lowest BCUT2D eigenvalue weighted by Crippen LogP contribution is -2.16. The first-order valence-electron chi connectivity index (χ1n) is 6.78. The van der Waals surface area contributed by atoms with Crippen molar-refractivity contribution in [3.05, 3.63) is 59.7 Å². The summed E-state index contributed by atoms with van der Waals surface area (Å²) in [6.07, 6.45) is 0.366. The molecule has 0 saturated carbocycles. The molecule has 0 aliphatic rings. The Bertz CT molecular complexity index is 656. The summed E-state index contributed by atoms with van der Waals surface area (Å²) < 4.78 is 0. The molecule has 1 amide bonds. The van der Waals surface area contributed by atoms with E-state index in [1.54, 1.807) is 24.3 Å². The fourth-order valence-corrected chi connectivity index (χ4v) is 1.88. The Labute approximate surface area is 124 Å². The van der Waals surface area contributed by atoms with Gasteiger partial charge in [0.05, 0.1) is 11.6 Å². The highest BCUT2D eigenvalue weighted by Gasteiger charge is 2.03. The molecule has 0 unspecified atom stereocenters. The minimum atomic E-state index is -0.0790. The lowest BCUT2D eigenvalue weighted by molar-refractivity contribution is -0.115. The van der Waals surface area contributed by atoms with Gasteiger partial charge in [-0.2, -0.15) is 5.26 Å². The molecule has 0 fully saturated rings. The molecule has 0 saturated heterocycles. The summed E-state index contributed by atoms with van der Waals surface area (Å²) in [6, 6.07) is 17.0. The summed E-state index contributed by atoms with van der Waals surface area (Å²) in [5.41, 5.74) is 3.38. The van der Waals surface area contributed by atoms with E-state index in [9.17, 15) is 4.79 Å². The van der Waals surface area contributed by atoms with Gasteiger partial charge in [-0.1, -0.05) is 23.8 Å². The molecule has 0 radical (unpaired) electrons. The third-order valence-electron chi connectivity index (χ3n) is 3.01. The van der Waals surface area contributed by atoms with E-state index in [0.717, 1.165) is 5.69 Å². The quantitative estimate of drug-likeness (QED) is 0.882. The molecule has 0 aliphatic heterocycles. The zero-order chi connectivity index (χ0) is 15.1. The Balaban J connectivity index is 1.79. The van der Waals surface area contributed by atoms with E-state index >= 15 is 0 Å². The number of anilines is 2. The van der Waals surface area contributed by atoms with Crippen LogP contribution in [0.15, 0.2) is 48.5 Å². The Morgan fingerprint density at radius 2 is 1.90 bits per heavy atom. The highest BCUT2D eigenvalue weighted by molar-refractivity contribution is 5.91. The van der Waals surface area contributed by atoms with Crippen LogP contribution in [0.3, 0.4) is 0 Å². The van der Waals surface area contributed by atoms with Crippen LogP contribution in [0.1, 0.15) is 17.5 Å². The molecule has 106 valence electrons. The Kier molecular flexibility index (Phi) is 4.94. The van der Waals surface area contributed by atoms with E-state index in [2.05, 4.69) is 10.6 Å². The van der Waals surface area contributed by atoms with Gasteiger partial charge in [0.15, 0.2) is 0 Å². The second-order valence-electron chi connectivity index (χ2n) is 4.78. The van der Waals surface area contributed by atoms with Gasteiger partial charge in [-0.3, -0.25) is 4.79 Å². The van der Waals surface area contributed by atoms with Gasteiger partial charge in [0.2, 0.25) is 5.91 Å². The zero-order valence-electron chi connectivity index (χ0n) is 11.9. The van der Waals surface area contributed by atoms with Crippen LogP contribution in [0.5, 0.6) is 0 Å². The van der Waals surface area contributed by atoms with Crippen molar-refractivity contribution in [1.82, 2.24) is 0 Å². The predicted octanol–water partition coefficient (Wildman–Crippen LogP) is 3.31. The molecular formula is C17H17N3O. The molecule has 2 aromatic rings. The zero-order valence-corrected chi connectivity index (χ0v) is 11.9. The molecule has 4 heteroatoms. The van der Waals surface area contributed by atoms with E-state index < -0.39 is 0 Å². The molecule has 2 rings (SSSR count). The summed E-state index contributed by atoms with van der Waals surface area (Å²) in [5.74, 6) is -0.0790. The minimum absolute atomic E-state index is 0.0790. The maximum atomic E-state index is 11.8. The summed E-state index contributed by atoms with van der Waals surface area (Å²) in [4.78, 5) is 11.8. The van der Waals surface area contributed by atoms with Crippen molar-refractivity contribution >= 4 is 17.3 Å². The van der Waals surface area contributed by atoms with Gasteiger partial charge >= 0.3 is 0 Å². The van der Waals surface area contributed by atoms with Crippen molar-refractivity contribution in [2.75, 3.05) is 17.2 Å². The number of carbonyl (C=O) groups is 1. The lowest BCUT2D eigenvalue weighted by Gasteiger charge is -2.08. The number of rotatable bonds is 5. The fourth-order valence-electron chi connectivity index (χ4n) is 1.88. The highest BCUT2D eigenvalue weighted by Crippen LogP contribution is 2.11. The number of nitrogens with one attached hydrogen (secondary N) is 2. The molecular weight excluding hydrogens is 262 g/mol. The molecule has 0 atom stereocenters. The Morgan fingerprint density at radius 3 is 2.62 bits per heavy atom. The summed E-state index contributed by atoms with van der Waals surface area (Å²) in [5, 5.41) is 14.8. The fraction of sp³-hybridized carbons (Fsp3) is 0.176. The van der Waals surface area contributed by atoms with E-state index in [0.29, 0.717) is 24.2 Å². The third kappa shape index (κ3) is 4.66. The van der Waals surface area contributed by atoms with Gasteiger partial charge in [-0.25, -0.2) is 0 Å². The molecule has 2 aromatic carbocycles. The van der Waals surface area contributed by atoms with Crippen LogP contribution in [0.4, 0.5) is 11.4 Å². The number of hydrogen-bond acceptors (Lipinski definition) is 3. The highest BCUT2D eigenvalue weighted by atomic mass is 16.1. The van der Waals surface area contributed by atoms with Crippen molar-refractivity contribution in [3.8, 4) is 6.07 Å². The largest absolute Gasteiger partial charge is 0.385 e. The van der Waals surface area contributed by atoms with Gasteiger partial charge in [0.1, 0.15) is 0 Å². The summed E-state index contributed by atoms with van der Waals surface area (Å²) >= 11 is 0. The maximum absolute atomic E-state index is 11.8. The summed E-state index contributed by atoms with van der Waals surface area (Å²) in [6.45, 7) is 2.60. The van der Waals surface area contributed by atoms with Crippen molar-refractivity contribution in [2.45, 2.75) is 13.3 Å². The molecule has 0 spiro atoms. The van der Waals surface area contributed by atoms with Gasteiger partial charge in [-0.05, 0) is 37.3 Å². The van der Waals surface area contributed by atoms with Crippen LogP contribution in [0.2, 0.25) is 0 Å². The van der Waals surface area contributed by atoms with Crippen LogP contribution in [-0.4, -0.2) is 12.5 Å². The van der Waals surface area contributed by atoms with Crippen molar-refractivity contribution in [2.24, 2.45) is 0 Å². The first-order chi connectivity index (χ1) is 10.2. The molecule has 2 N–H and O–H groups in total.